The summed E-state index contributed by atoms with van der Waals surface area (Å²) in [5.74, 6) is 3.17. The van der Waals surface area contributed by atoms with Gasteiger partial charge in [-0.15, -0.1) is 0 Å². The number of nitrogens with one attached hydrogen (secondary N) is 1. The van der Waals surface area contributed by atoms with Crippen LogP contribution in [0.4, 0.5) is 0 Å². The van der Waals surface area contributed by atoms with E-state index in [1.807, 2.05) is 32.9 Å². The molecular weight excluding hydrogens is 416 g/mol. The smallest absolute Gasteiger partial charge is 0.142 e. The number of methoxy groups -OCH3 is 1. The molecule has 1 aliphatic rings. The summed E-state index contributed by atoms with van der Waals surface area (Å²) < 4.78 is 17.2. The van der Waals surface area contributed by atoms with Crippen LogP contribution in [0.2, 0.25) is 0 Å². The number of rotatable bonds is 3. The van der Waals surface area contributed by atoms with E-state index in [0.29, 0.717) is 0 Å². The van der Waals surface area contributed by atoms with Crippen molar-refractivity contribution in [1.29, 1.82) is 0 Å². The van der Waals surface area contributed by atoms with Crippen molar-refractivity contribution in [3.63, 3.8) is 0 Å². The van der Waals surface area contributed by atoms with E-state index in [9.17, 15) is 0 Å². The van der Waals surface area contributed by atoms with Crippen LogP contribution < -0.4 is 9.47 Å². The fourth-order valence-corrected chi connectivity index (χ4v) is 4.97. The van der Waals surface area contributed by atoms with Gasteiger partial charge in [-0.1, -0.05) is 17.3 Å². The molecule has 0 saturated carbocycles. The molecule has 4 heterocycles. The highest BCUT2D eigenvalue weighted by molar-refractivity contribution is 6.13. The molecule has 0 bridgehead atoms. The van der Waals surface area contributed by atoms with Crippen LogP contribution in [0.25, 0.3) is 44.3 Å². The molecular formula is C26H24N4O3. The maximum atomic E-state index is 5.93. The van der Waals surface area contributed by atoms with Crippen molar-refractivity contribution in [2.24, 2.45) is 0 Å². The number of hydrogen-bond acceptors (Lipinski definition) is 6. The lowest BCUT2D eigenvalue weighted by Gasteiger charge is -2.20. The van der Waals surface area contributed by atoms with Crippen molar-refractivity contribution < 1.29 is 14.0 Å². The first-order chi connectivity index (χ1) is 16.0. The molecule has 0 aliphatic carbocycles. The summed E-state index contributed by atoms with van der Waals surface area (Å²) in [6, 6.07) is 10.3. The largest absolute Gasteiger partial charge is 0.496 e. The van der Waals surface area contributed by atoms with Gasteiger partial charge in [0.25, 0.3) is 0 Å². The van der Waals surface area contributed by atoms with Gasteiger partial charge in [-0.2, -0.15) is 0 Å². The number of H-pyrrole nitrogens is 1. The Morgan fingerprint density at radius 3 is 2.73 bits per heavy atom. The molecule has 166 valence electrons. The third kappa shape index (κ3) is 2.99. The molecule has 6 rings (SSSR count). The minimum absolute atomic E-state index is 0.719. The van der Waals surface area contributed by atoms with Gasteiger partial charge in [-0.05, 0) is 51.8 Å². The van der Waals surface area contributed by atoms with Crippen molar-refractivity contribution >= 4 is 21.9 Å². The molecule has 0 fully saturated rings. The van der Waals surface area contributed by atoms with Crippen molar-refractivity contribution in [1.82, 2.24) is 20.1 Å². The van der Waals surface area contributed by atoms with Crippen LogP contribution in [0.1, 0.15) is 29.3 Å². The fraction of sp³-hybridized carbons (Fsp3) is 0.269. The van der Waals surface area contributed by atoms with E-state index < -0.39 is 0 Å². The van der Waals surface area contributed by atoms with E-state index >= 15 is 0 Å². The zero-order chi connectivity index (χ0) is 22.7. The van der Waals surface area contributed by atoms with E-state index in [4.69, 9.17) is 24.0 Å². The quantitative estimate of drug-likeness (QED) is 0.388. The Morgan fingerprint density at radius 2 is 1.94 bits per heavy atom. The normalized spacial score (nSPS) is 13.3. The van der Waals surface area contributed by atoms with Crippen molar-refractivity contribution in [3.8, 4) is 33.9 Å². The Kier molecular flexibility index (Phi) is 4.40. The molecule has 5 aromatic rings. The number of aromatic amines is 1. The van der Waals surface area contributed by atoms with E-state index in [1.165, 1.54) is 5.56 Å². The highest BCUT2D eigenvalue weighted by Crippen LogP contribution is 2.43. The van der Waals surface area contributed by atoms with Crippen LogP contribution in [0, 0.1) is 20.8 Å². The second kappa shape index (κ2) is 7.33. The lowest BCUT2D eigenvalue weighted by atomic mass is 9.95. The molecule has 0 spiro atoms. The Labute approximate surface area is 190 Å². The molecule has 2 aromatic carbocycles. The minimum Gasteiger partial charge on any atom is -0.496 e. The van der Waals surface area contributed by atoms with Gasteiger partial charge < -0.3 is 19.0 Å². The van der Waals surface area contributed by atoms with E-state index in [1.54, 1.807) is 7.11 Å². The zero-order valence-corrected chi connectivity index (χ0v) is 19.1. The Hall–Kier alpha value is -3.87. The number of nitrogens with zero attached hydrogens (tertiary/aromatic N) is 3. The number of ether oxygens (including phenoxy) is 2. The second-order valence-electron chi connectivity index (χ2n) is 8.50. The third-order valence-corrected chi connectivity index (χ3v) is 6.40. The predicted molar refractivity (Wildman–Crippen MR) is 127 cm³/mol. The molecule has 7 heteroatoms. The van der Waals surface area contributed by atoms with Crippen molar-refractivity contribution in [2.45, 2.75) is 33.6 Å². The molecule has 7 nitrogen and oxygen atoms in total. The highest BCUT2D eigenvalue weighted by Gasteiger charge is 2.23. The summed E-state index contributed by atoms with van der Waals surface area (Å²) in [7, 11) is 1.68. The molecule has 0 atom stereocenters. The molecule has 1 N–H and O–H groups in total. The van der Waals surface area contributed by atoms with Gasteiger partial charge in [-0.25, -0.2) is 9.97 Å². The summed E-state index contributed by atoms with van der Waals surface area (Å²) in [5.41, 5.74) is 7.69. The fourth-order valence-electron chi connectivity index (χ4n) is 4.97. The molecule has 0 saturated heterocycles. The zero-order valence-electron chi connectivity index (χ0n) is 19.1. The average molecular weight is 441 g/mol. The summed E-state index contributed by atoms with van der Waals surface area (Å²) in [6.45, 7) is 6.53. The lowest BCUT2D eigenvalue weighted by molar-refractivity contribution is 0.288. The first kappa shape index (κ1) is 19.8. The SMILES string of the molecule is COc1cc2c(cc1-c1c(C)noc1C)[nH]c1nc(C)nc(-c3cccc4c3CCCO4)c12. The number of fused-ring (bicyclic) bond motifs is 4. The van der Waals surface area contributed by atoms with Gasteiger partial charge >= 0.3 is 0 Å². The van der Waals surface area contributed by atoms with Gasteiger partial charge in [0.15, 0.2) is 0 Å². The predicted octanol–water partition coefficient (Wildman–Crippen LogP) is 5.69. The molecule has 0 unspecified atom stereocenters. The maximum Gasteiger partial charge on any atom is 0.142 e. The molecule has 1 aliphatic heterocycles. The van der Waals surface area contributed by atoms with Crippen LogP contribution in [-0.2, 0) is 6.42 Å². The summed E-state index contributed by atoms with van der Waals surface area (Å²) in [4.78, 5) is 13.1. The van der Waals surface area contributed by atoms with Crippen molar-refractivity contribution in [2.75, 3.05) is 13.7 Å². The van der Waals surface area contributed by atoms with E-state index in [-0.39, 0.29) is 0 Å². The topological polar surface area (TPSA) is 86.1 Å². The van der Waals surface area contributed by atoms with Crippen molar-refractivity contribution in [3.05, 3.63) is 53.2 Å². The minimum atomic E-state index is 0.719. The van der Waals surface area contributed by atoms with Crippen LogP contribution in [0.5, 0.6) is 11.5 Å². The van der Waals surface area contributed by atoms with E-state index in [2.05, 4.69) is 28.3 Å². The first-order valence-electron chi connectivity index (χ1n) is 11.1. The molecule has 3 aromatic heterocycles. The van der Waals surface area contributed by atoms with Gasteiger partial charge in [0.1, 0.15) is 28.7 Å². The van der Waals surface area contributed by atoms with Crippen LogP contribution in [0.15, 0.2) is 34.9 Å². The highest BCUT2D eigenvalue weighted by atomic mass is 16.5. The second-order valence-corrected chi connectivity index (χ2v) is 8.50. The lowest BCUT2D eigenvalue weighted by Crippen LogP contribution is -2.09. The van der Waals surface area contributed by atoms with Crippen LogP contribution >= 0.6 is 0 Å². The van der Waals surface area contributed by atoms with E-state index in [0.717, 1.165) is 92.5 Å². The maximum absolute atomic E-state index is 5.93. The first-order valence-corrected chi connectivity index (χ1v) is 11.1. The number of benzene rings is 2. The van der Waals surface area contributed by atoms with Gasteiger partial charge in [0.2, 0.25) is 0 Å². The molecule has 0 amide bonds. The number of aromatic nitrogens is 4. The summed E-state index contributed by atoms with van der Waals surface area (Å²) in [5, 5.41) is 6.12. The van der Waals surface area contributed by atoms with Crippen LogP contribution in [0.3, 0.4) is 0 Å². The summed E-state index contributed by atoms with van der Waals surface area (Å²) in [6.07, 6.45) is 1.97. The monoisotopic (exact) mass is 440 g/mol. The Balaban J connectivity index is 1.67. The average Bonchev–Trinajstić information content (AvgIpc) is 3.35. The Morgan fingerprint density at radius 1 is 1.06 bits per heavy atom. The van der Waals surface area contributed by atoms with Gasteiger partial charge in [-0.3, -0.25) is 0 Å². The van der Waals surface area contributed by atoms with Gasteiger partial charge in [0.05, 0.1) is 36.1 Å². The standard InChI is InChI=1S/C26H24N4O3/c1-13-23(14(2)33-30-13)19-11-20-18(12-22(19)31-4)24-25(27-15(3)28-26(24)29-20)17-7-5-9-21-16(17)8-6-10-32-21/h5,7,9,11-12H,6,8,10H2,1-4H3,(H,27,28,29). The van der Waals surface area contributed by atoms with Crippen LogP contribution in [-0.4, -0.2) is 33.8 Å². The number of hydrogen-bond donors (Lipinski definition) is 1. The third-order valence-electron chi connectivity index (χ3n) is 6.40. The number of aryl methyl sites for hydroxylation is 3. The summed E-state index contributed by atoms with van der Waals surface area (Å²) >= 11 is 0. The Bertz CT molecular complexity index is 1530. The molecule has 0 radical (unpaired) electrons. The molecule has 33 heavy (non-hydrogen) atoms. The van der Waals surface area contributed by atoms with Gasteiger partial charge in [0, 0.05) is 27.6 Å².